The van der Waals surface area contributed by atoms with Gasteiger partial charge in [-0.2, -0.15) is 0 Å². The van der Waals surface area contributed by atoms with Crippen LogP contribution in [0.25, 0.3) is 0 Å². The fraction of sp³-hybridized carbons (Fsp3) is 0.636. The number of allylic oxidation sites excluding steroid dienone is 4. The highest BCUT2D eigenvalue weighted by Gasteiger charge is 2.24. The van der Waals surface area contributed by atoms with Crippen molar-refractivity contribution in [1.29, 1.82) is 0 Å². The smallest absolute Gasteiger partial charge is 0.0289 e. The van der Waals surface area contributed by atoms with Crippen LogP contribution in [0.3, 0.4) is 0 Å². The van der Waals surface area contributed by atoms with Gasteiger partial charge in [0, 0.05) is 0 Å². The Labute approximate surface area is 69.0 Å². The van der Waals surface area contributed by atoms with Crippen LogP contribution < -0.4 is 0 Å². The summed E-state index contributed by atoms with van der Waals surface area (Å²) in [5.74, 6) is 1.95. The molecule has 11 heavy (non-hydrogen) atoms. The highest BCUT2D eigenvalue weighted by Crippen LogP contribution is 2.36. The number of rotatable bonds is 1. The van der Waals surface area contributed by atoms with E-state index in [4.69, 9.17) is 0 Å². The van der Waals surface area contributed by atoms with Gasteiger partial charge in [-0.3, -0.25) is 0 Å². The Balaban J connectivity index is 1.89. The Morgan fingerprint density at radius 1 is 1.09 bits per heavy atom. The predicted molar refractivity (Wildman–Crippen MR) is 48.3 cm³/mol. The monoisotopic (exact) mass is 148 g/mol. The van der Waals surface area contributed by atoms with Crippen molar-refractivity contribution in [3.8, 4) is 0 Å². The molecule has 0 nitrogen and oxygen atoms in total. The molecular weight excluding hydrogens is 132 g/mol. The first-order chi connectivity index (χ1) is 5.36. The fourth-order valence-corrected chi connectivity index (χ4v) is 2.32. The first-order valence-electron chi connectivity index (χ1n) is 4.67. The van der Waals surface area contributed by atoms with E-state index >= 15 is 0 Å². The summed E-state index contributed by atoms with van der Waals surface area (Å²) < 4.78 is 0. The van der Waals surface area contributed by atoms with Gasteiger partial charge in [-0.25, -0.2) is 0 Å². The van der Waals surface area contributed by atoms with E-state index in [0.717, 1.165) is 11.8 Å². The quantitative estimate of drug-likeness (QED) is 0.500. The van der Waals surface area contributed by atoms with E-state index in [0.29, 0.717) is 0 Å². The van der Waals surface area contributed by atoms with Crippen molar-refractivity contribution in [3.63, 3.8) is 0 Å². The van der Waals surface area contributed by atoms with Gasteiger partial charge in [-0.15, -0.1) is 0 Å². The molecule has 0 bridgehead atoms. The van der Waals surface area contributed by atoms with E-state index in [1.165, 1.54) is 25.7 Å². The molecule has 0 aromatic heterocycles. The van der Waals surface area contributed by atoms with Gasteiger partial charge in [0.25, 0.3) is 0 Å². The zero-order valence-corrected chi connectivity index (χ0v) is 7.22. The zero-order valence-electron chi connectivity index (χ0n) is 7.22. The molecule has 0 aromatic carbocycles. The maximum atomic E-state index is 2.42. The molecule has 0 saturated heterocycles. The highest BCUT2D eigenvalue weighted by molar-refractivity contribution is 5.10. The minimum absolute atomic E-state index is 0.976. The van der Waals surface area contributed by atoms with Crippen LogP contribution in [0.4, 0.5) is 0 Å². The van der Waals surface area contributed by atoms with E-state index in [2.05, 4.69) is 25.2 Å². The molecule has 0 fully saturated rings. The molecule has 0 amide bonds. The first-order valence-corrected chi connectivity index (χ1v) is 4.67. The topological polar surface area (TPSA) is 0 Å². The van der Waals surface area contributed by atoms with Crippen molar-refractivity contribution >= 4 is 0 Å². The average molecular weight is 148 g/mol. The van der Waals surface area contributed by atoms with Crippen LogP contribution in [-0.2, 0) is 0 Å². The normalized spacial score (nSPS) is 31.4. The summed E-state index contributed by atoms with van der Waals surface area (Å²) in [4.78, 5) is 0. The lowest BCUT2D eigenvalue weighted by Gasteiger charge is -2.17. The molecule has 1 unspecified atom stereocenters. The van der Waals surface area contributed by atoms with Crippen LogP contribution in [0.2, 0.25) is 0 Å². The molecule has 1 atom stereocenters. The summed E-state index contributed by atoms with van der Waals surface area (Å²) in [6.45, 7) is 2.27. The van der Waals surface area contributed by atoms with Crippen LogP contribution in [0.5, 0.6) is 0 Å². The summed E-state index contributed by atoms with van der Waals surface area (Å²) >= 11 is 0. The van der Waals surface area contributed by atoms with E-state index in [-0.39, 0.29) is 0 Å². The first kappa shape index (κ1) is 7.15. The van der Waals surface area contributed by atoms with Gasteiger partial charge in [-0.05, 0) is 44.4 Å². The summed E-state index contributed by atoms with van der Waals surface area (Å²) in [7, 11) is 0. The molecule has 60 valence electrons. The van der Waals surface area contributed by atoms with Gasteiger partial charge < -0.3 is 0 Å². The molecule has 0 heteroatoms. The molecule has 0 spiro atoms. The van der Waals surface area contributed by atoms with Gasteiger partial charge in [-0.1, -0.05) is 23.8 Å². The molecule has 0 heterocycles. The Kier molecular flexibility index (Phi) is 1.85. The maximum Gasteiger partial charge on any atom is -0.0289 e. The molecular formula is C11H16. The van der Waals surface area contributed by atoms with E-state index in [1.54, 1.807) is 5.57 Å². The Hall–Kier alpha value is -0.520. The van der Waals surface area contributed by atoms with Crippen LogP contribution in [-0.4, -0.2) is 0 Å². The van der Waals surface area contributed by atoms with Crippen molar-refractivity contribution in [2.75, 3.05) is 0 Å². The van der Waals surface area contributed by atoms with Crippen molar-refractivity contribution in [3.05, 3.63) is 23.8 Å². The van der Waals surface area contributed by atoms with Crippen molar-refractivity contribution in [2.45, 2.75) is 32.6 Å². The number of hydrogen-bond donors (Lipinski definition) is 0. The molecule has 2 aliphatic carbocycles. The van der Waals surface area contributed by atoms with Crippen molar-refractivity contribution in [1.82, 2.24) is 0 Å². The molecule has 0 aliphatic heterocycles. The molecule has 2 aliphatic rings. The van der Waals surface area contributed by atoms with E-state index in [9.17, 15) is 0 Å². The third-order valence-electron chi connectivity index (χ3n) is 3.06. The van der Waals surface area contributed by atoms with E-state index in [1.807, 2.05) is 0 Å². The van der Waals surface area contributed by atoms with E-state index < -0.39 is 0 Å². The minimum atomic E-state index is 0.976. The molecule has 2 rings (SSSR count). The molecule has 0 radical (unpaired) electrons. The van der Waals surface area contributed by atoms with Crippen LogP contribution in [0.1, 0.15) is 32.6 Å². The van der Waals surface area contributed by atoms with Crippen LogP contribution >= 0.6 is 0 Å². The van der Waals surface area contributed by atoms with Gasteiger partial charge in [0.15, 0.2) is 0 Å². The minimum Gasteiger partial charge on any atom is -0.0882 e. The van der Waals surface area contributed by atoms with Gasteiger partial charge in [0.1, 0.15) is 0 Å². The third-order valence-corrected chi connectivity index (χ3v) is 3.06. The van der Waals surface area contributed by atoms with Crippen LogP contribution in [0, 0.1) is 11.8 Å². The maximum absolute atomic E-state index is 2.42. The summed E-state index contributed by atoms with van der Waals surface area (Å²) in [6.07, 6.45) is 12.5. The predicted octanol–water partition coefficient (Wildman–Crippen LogP) is 3.31. The van der Waals surface area contributed by atoms with Gasteiger partial charge in [0.05, 0.1) is 0 Å². The number of hydrogen-bond acceptors (Lipinski definition) is 0. The second-order valence-electron chi connectivity index (χ2n) is 3.95. The SMILES string of the molecule is CC1=CCC(C2CC=CC2)C1. The van der Waals surface area contributed by atoms with Gasteiger partial charge >= 0.3 is 0 Å². The molecule has 0 aromatic rings. The standard InChI is InChI=1S/C11H16/c1-9-6-7-11(8-9)10-4-2-3-5-10/h2-3,6,10-11H,4-5,7-8H2,1H3. The van der Waals surface area contributed by atoms with Crippen LogP contribution in [0.15, 0.2) is 23.8 Å². The summed E-state index contributed by atoms with van der Waals surface area (Å²) in [6, 6.07) is 0. The Morgan fingerprint density at radius 3 is 2.36 bits per heavy atom. The summed E-state index contributed by atoms with van der Waals surface area (Å²) in [5.41, 5.74) is 1.61. The largest absolute Gasteiger partial charge is 0.0882 e. The fourth-order valence-electron chi connectivity index (χ4n) is 2.32. The molecule has 0 saturated carbocycles. The average Bonchev–Trinajstić information content (AvgIpc) is 2.55. The van der Waals surface area contributed by atoms with Crippen molar-refractivity contribution in [2.24, 2.45) is 11.8 Å². The lowest BCUT2D eigenvalue weighted by Crippen LogP contribution is -2.07. The zero-order chi connectivity index (χ0) is 7.68. The second-order valence-corrected chi connectivity index (χ2v) is 3.95. The Morgan fingerprint density at radius 2 is 1.82 bits per heavy atom. The highest BCUT2D eigenvalue weighted by atomic mass is 14.3. The molecule has 0 N–H and O–H groups in total. The third kappa shape index (κ3) is 1.40. The van der Waals surface area contributed by atoms with Crippen molar-refractivity contribution < 1.29 is 0 Å². The summed E-state index contributed by atoms with van der Waals surface area (Å²) in [5, 5.41) is 0. The Bertz CT molecular complexity index is 190. The lowest BCUT2D eigenvalue weighted by molar-refractivity contribution is 0.365. The van der Waals surface area contributed by atoms with Gasteiger partial charge in [0.2, 0.25) is 0 Å². The lowest BCUT2D eigenvalue weighted by atomic mass is 9.88. The second kappa shape index (κ2) is 2.84.